The molecule has 0 radical (unpaired) electrons. The van der Waals surface area contributed by atoms with Crippen LogP contribution in [0.25, 0.3) is 16.2 Å². The molecule has 4 rings (SSSR count). The molecule has 5 nitrogen and oxygen atoms in total. The lowest BCUT2D eigenvalue weighted by Crippen LogP contribution is -2.13. The fourth-order valence-corrected chi connectivity index (χ4v) is 3.47. The van der Waals surface area contributed by atoms with Gasteiger partial charge in [0, 0.05) is 17.4 Å². The van der Waals surface area contributed by atoms with E-state index < -0.39 is 0 Å². The lowest BCUT2D eigenvalue weighted by molar-refractivity contribution is -0.116. The number of benzene rings is 2. The van der Waals surface area contributed by atoms with Crippen LogP contribution in [0, 0.1) is 5.82 Å². The van der Waals surface area contributed by atoms with Crippen LogP contribution in [-0.2, 0) is 11.2 Å². The Morgan fingerprint density at radius 1 is 1.12 bits per heavy atom. The smallest absolute Gasteiger partial charge is 0.250 e. The molecule has 0 spiro atoms. The lowest BCUT2D eigenvalue weighted by Gasteiger charge is -2.01. The second-order valence-electron chi connectivity index (χ2n) is 5.79. The Morgan fingerprint density at radius 2 is 1.88 bits per heavy atom. The lowest BCUT2D eigenvalue weighted by atomic mass is 10.1. The fourth-order valence-electron chi connectivity index (χ4n) is 2.64. The van der Waals surface area contributed by atoms with Gasteiger partial charge in [0.2, 0.25) is 16.8 Å². The first-order valence-electron chi connectivity index (χ1n) is 8.13. The van der Waals surface area contributed by atoms with E-state index in [1.54, 1.807) is 16.6 Å². The fraction of sp³-hybridized carbons (Fsp3) is 0.105. The Hall–Kier alpha value is -3.06. The second kappa shape index (κ2) is 7.05. The molecule has 0 atom stereocenters. The molecular weight excluding hydrogens is 351 g/mol. The average Bonchev–Trinajstić information content (AvgIpc) is 3.22. The summed E-state index contributed by atoms with van der Waals surface area (Å²) in [7, 11) is 0. The maximum absolute atomic E-state index is 13.1. The number of fused-ring (bicyclic) bond motifs is 1. The van der Waals surface area contributed by atoms with Crippen LogP contribution in [0.5, 0.6) is 0 Å². The Kier molecular flexibility index (Phi) is 4.45. The van der Waals surface area contributed by atoms with E-state index in [1.807, 2.05) is 35.7 Å². The molecule has 0 aliphatic heterocycles. The summed E-state index contributed by atoms with van der Waals surface area (Å²) >= 11 is 1.42. The molecule has 2 heterocycles. The molecule has 7 heteroatoms. The third-order valence-electron chi connectivity index (χ3n) is 3.96. The van der Waals surface area contributed by atoms with Crippen molar-refractivity contribution in [1.82, 2.24) is 14.6 Å². The van der Waals surface area contributed by atoms with Gasteiger partial charge in [0.1, 0.15) is 5.82 Å². The third kappa shape index (κ3) is 3.48. The summed E-state index contributed by atoms with van der Waals surface area (Å²) in [5.74, 6) is -0.140. The van der Waals surface area contributed by atoms with Crippen molar-refractivity contribution in [3.63, 3.8) is 0 Å². The van der Waals surface area contributed by atoms with E-state index in [2.05, 4.69) is 15.4 Å². The highest BCUT2D eigenvalue weighted by Gasteiger charge is 2.13. The maximum atomic E-state index is 13.1. The van der Waals surface area contributed by atoms with Crippen LogP contribution in [-0.4, -0.2) is 20.5 Å². The largest absolute Gasteiger partial charge is 0.293 e. The number of aryl methyl sites for hydroxylation is 1. The molecule has 0 fully saturated rings. The van der Waals surface area contributed by atoms with E-state index in [0.29, 0.717) is 17.8 Å². The summed E-state index contributed by atoms with van der Waals surface area (Å²) in [4.78, 5) is 17.1. The van der Waals surface area contributed by atoms with E-state index >= 15 is 0 Å². The van der Waals surface area contributed by atoms with Crippen molar-refractivity contribution >= 4 is 28.2 Å². The van der Waals surface area contributed by atoms with Gasteiger partial charge in [-0.1, -0.05) is 30.3 Å². The number of carbonyl (C=O) groups excluding carboxylic acids is 1. The Morgan fingerprint density at radius 3 is 2.65 bits per heavy atom. The molecule has 0 saturated carbocycles. The van der Waals surface area contributed by atoms with Gasteiger partial charge in [-0.05, 0) is 36.2 Å². The first-order valence-corrected chi connectivity index (χ1v) is 9.01. The van der Waals surface area contributed by atoms with Crippen molar-refractivity contribution in [1.29, 1.82) is 0 Å². The predicted octanol–water partition coefficient (Wildman–Crippen LogP) is 4.17. The van der Waals surface area contributed by atoms with Crippen molar-refractivity contribution in [2.45, 2.75) is 12.8 Å². The first kappa shape index (κ1) is 16.4. The number of anilines is 1. The normalized spacial score (nSPS) is 11.0. The maximum Gasteiger partial charge on any atom is 0.250 e. The minimum Gasteiger partial charge on any atom is -0.293 e. The Balaban J connectivity index is 1.47. The number of thiazole rings is 1. The highest BCUT2D eigenvalue weighted by Crippen LogP contribution is 2.26. The molecule has 0 aliphatic carbocycles. The minimum absolute atomic E-state index is 0.129. The number of carbonyl (C=O) groups is 1. The summed E-state index contributed by atoms with van der Waals surface area (Å²) in [6.07, 6.45) is 1.03. The molecule has 26 heavy (non-hydrogen) atoms. The SMILES string of the molecule is O=C(CCc1ccccc1)Nc1nc2scc(-c3ccc(F)cc3)n2n1. The van der Waals surface area contributed by atoms with E-state index in [4.69, 9.17) is 0 Å². The molecule has 1 amide bonds. The predicted molar refractivity (Wildman–Crippen MR) is 99.7 cm³/mol. The van der Waals surface area contributed by atoms with E-state index in [1.165, 1.54) is 23.5 Å². The van der Waals surface area contributed by atoms with Gasteiger partial charge in [-0.3, -0.25) is 10.1 Å². The van der Waals surface area contributed by atoms with Crippen molar-refractivity contribution < 1.29 is 9.18 Å². The number of nitrogens with one attached hydrogen (secondary N) is 1. The number of hydrogen-bond donors (Lipinski definition) is 1. The van der Waals surface area contributed by atoms with Gasteiger partial charge in [0.15, 0.2) is 0 Å². The van der Waals surface area contributed by atoms with Crippen LogP contribution >= 0.6 is 11.3 Å². The third-order valence-corrected chi connectivity index (χ3v) is 4.77. The molecule has 130 valence electrons. The monoisotopic (exact) mass is 366 g/mol. The van der Waals surface area contributed by atoms with Crippen LogP contribution in [0.4, 0.5) is 10.3 Å². The highest BCUT2D eigenvalue weighted by atomic mass is 32.1. The Labute approximate surface area is 153 Å². The molecule has 2 aromatic carbocycles. The van der Waals surface area contributed by atoms with Gasteiger partial charge in [0.25, 0.3) is 0 Å². The zero-order valence-corrected chi connectivity index (χ0v) is 14.5. The Bertz CT molecular complexity index is 1040. The van der Waals surface area contributed by atoms with Gasteiger partial charge in [-0.25, -0.2) is 8.91 Å². The topological polar surface area (TPSA) is 59.3 Å². The summed E-state index contributed by atoms with van der Waals surface area (Å²) in [6.45, 7) is 0. The van der Waals surface area contributed by atoms with Gasteiger partial charge < -0.3 is 0 Å². The summed E-state index contributed by atoms with van der Waals surface area (Å²) in [5, 5.41) is 9.00. The molecule has 2 aromatic heterocycles. The molecule has 0 bridgehead atoms. The number of rotatable bonds is 5. The summed E-state index contributed by atoms with van der Waals surface area (Å²) in [6, 6.07) is 16.0. The molecule has 0 saturated heterocycles. The van der Waals surface area contributed by atoms with Crippen LogP contribution in [0.2, 0.25) is 0 Å². The van der Waals surface area contributed by atoms with E-state index in [9.17, 15) is 9.18 Å². The number of amides is 1. The van der Waals surface area contributed by atoms with Crippen molar-refractivity contribution in [3.8, 4) is 11.3 Å². The standard InChI is InChI=1S/C19H15FN4OS/c20-15-9-7-14(8-10-15)16-12-26-19-22-18(23-24(16)19)21-17(25)11-6-13-4-2-1-3-5-13/h1-5,7-10,12H,6,11H2,(H,21,23,25). The summed E-state index contributed by atoms with van der Waals surface area (Å²) in [5.41, 5.74) is 2.76. The number of halogens is 1. The molecule has 1 N–H and O–H groups in total. The molecular formula is C19H15FN4OS. The molecule has 4 aromatic rings. The van der Waals surface area contributed by atoms with Gasteiger partial charge in [-0.2, -0.15) is 4.98 Å². The van der Waals surface area contributed by atoms with Crippen molar-refractivity contribution in [2.75, 3.05) is 5.32 Å². The van der Waals surface area contributed by atoms with Gasteiger partial charge >= 0.3 is 0 Å². The van der Waals surface area contributed by atoms with E-state index in [0.717, 1.165) is 16.8 Å². The van der Waals surface area contributed by atoms with Gasteiger partial charge in [0.05, 0.1) is 5.69 Å². The number of nitrogens with zero attached hydrogens (tertiary/aromatic N) is 3. The van der Waals surface area contributed by atoms with Crippen LogP contribution in [0.1, 0.15) is 12.0 Å². The molecule has 0 aliphatic rings. The van der Waals surface area contributed by atoms with Gasteiger partial charge in [-0.15, -0.1) is 16.4 Å². The number of hydrogen-bond acceptors (Lipinski definition) is 4. The quantitative estimate of drug-likeness (QED) is 0.577. The summed E-state index contributed by atoms with van der Waals surface area (Å²) < 4.78 is 14.8. The second-order valence-corrected chi connectivity index (χ2v) is 6.63. The zero-order valence-electron chi connectivity index (χ0n) is 13.7. The zero-order chi connectivity index (χ0) is 17.9. The molecule has 0 unspecified atom stereocenters. The van der Waals surface area contributed by atoms with Crippen molar-refractivity contribution in [2.24, 2.45) is 0 Å². The van der Waals surface area contributed by atoms with Crippen LogP contribution in [0.3, 0.4) is 0 Å². The van der Waals surface area contributed by atoms with Crippen LogP contribution < -0.4 is 5.32 Å². The van der Waals surface area contributed by atoms with Crippen molar-refractivity contribution in [3.05, 3.63) is 71.4 Å². The average molecular weight is 366 g/mol. The first-order chi connectivity index (χ1) is 12.7. The van der Waals surface area contributed by atoms with E-state index in [-0.39, 0.29) is 17.7 Å². The highest BCUT2D eigenvalue weighted by molar-refractivity contribution is 7.15. The van der Waals surface area contributed by atoms with Crippen LogP contribution in [0.15, 0.2) is 60.0 Å². The number of aromatic nitrogens is 3. The minimum atomic E-state index is -0.287.